The number of hydrogen-bond donors (Lipinski definition) is 0. The van der Waals surface area contributed by atoms with Crippen LogP contribution in [-0.4, -0.2) is 0 Å². The summed E-state index contributed by atoms with van der Waals surface area (Å²) in [7, 11) is 0. The summed E-state index contributed by atoms with van der Waals surface area (Å²) in [6.07, 6.45) is 19.3. The summed E-state index contributed by atoms with van der Waals surface area (Å²) in [5.41, 5.74) is 30.6. The fraction of sp³-hybridized carbons (Fsp3) is 0.417. The Labute approximate surface area is 278 Å². The quantitative estimate of drug-likeness (QED) is 0.166. The van der Waals surface area contributed by atoms with Crippen LogP contribution in [0.3, 0.4) is 0 Å². The lowest BCUT2D eigenvalue weighted by Crippen LogP contribution is -2.65. The van der Waals surface area contributed by atoms with Gasteiger partial charge in [-0.1, -0.05) is 58.7 Å². The Morgan fingerprint density at radius 1 is 0.521 bits per heavy atom. The second-order valence-electron chi connectivity index (χ2n) is 19.3. The van der Waals surface area contributed by atoms with E-state index in [1.165, 1.54) is 64.2 Å². The average molecular weight is 611 g/mol. The van der Waals surface area contributed by atoms with Gasteiger partial charge >= 0.3 is 0 Å². The van der Waals surface area contributed by atoms with E-state index in [4.69, 9.17) is 0 Å². The topological polar surface area (TPSA) is 0 Å². The Bertz CT molecular complexity index is 2960. The molecule has 0 saturated heterocycles. The largest absolute Gasteiger partial charge is 0.0836 e. The molecule has 0 amide bonds. The van der Waals surface area contributed by atoms with Gasteiger partial charge in [-0.25, -0.2) is 0 Å². The smallest absolute Gasteiger partial charge is 0.0178 e. The van der Waals surface area contributed by atoms with Crippen molar-refractivity contribution in [1.29, 1.82) is 0 Å². The Morgan fingerprint density at radius 2 is 1.25 bits per heavy atom. The first-order chi connectivity index (χ1) is 23.8. The van der Waals surface area contributed by atoms with Crippen LogP contribution in [0.1, 0.15) is 120 Å². The molecule has 0 aromatic heterocycles. The summed E-state index contributed by atoms with van der Waals surface area (Å²) < 4.78 is 0. The van der Waals surface area contributed by atoms with E-state index in [1.807, 2.05) is 110 Å². The van der Waals surface area contributed by atoms with Gasteiger partial charge in [0.1, 0.15) is 0 Å². The van der Waals surface area contributed by atoms with Crippen molar-refractivity contribution in [1.82, 2.24) is 0 Å². The maximum atomic E-state index is 2.82. The fourth-order valence-corrected chi connectivity index (χ4v) is 18.8. The molecule has 0 N–H and O–H groups in total. The molecule has 10 unspecified atom stereocenters. The Balaban J connectivity index is 1.23. The van der Waals surface area contributed by atoms with E-state index in [0.29, 0.717) is 11.8 Å². The number of hydrogen-bond acceptors (Lipinski definition) is 0. The van der Waals surface area contributed by atoms with E-state index in [9.17, 15) is 0 Å². The molecule has 1 saturated carbocycles. The first-order valence-electron chi connectivity index (χ1n) is 20.0. The molecule has 0 heteroatoms. The Morgan fingerprint density at radius 3 is 2.06 bits per heavy atom. The molecule has 14 aliphatic rings. The molecule has 226 valence electrons. The molecule has 1 fully saturated rings. The number of fused-ring (bicyclic) bond motifs is 6. The van der Waals surface area contributed by atoms with E-state index >= 15 is 0 Å². The zero-order chi connectivity index (χ0) is 29.6. The lowest BCUT2D eigenvalue weighted by Gasteiger charge is -2.64. The van der Waals surface area contributed by atoms with Crippen LogP contribution in [0.2, 0.25) is 0 Å². The molecule has 4 aromatic rings. The Kier molecular flexibility index (Phi) is 2.75. The molecule has 48 heavy (non-hydrogen) atoms. The molecular weight excluding hydrogens is 577 g/mol. The van der Waals surface area contributed by atoms with Crippen LogP contribution in [-0.2, 0) is 23.7 Å². The van der Waals surface area contributed by atoms with Gasteiger partial charge in [0.05, 0.1) is 0 Å². The minimum atomic E-state index is 0.244. The zero-order valence-electron chi connectivity index (χ0n) is 27.2. The van der Waals surface area contributed by atoms with Crippen molar-refractivity contribution < 1.29 is 0 Å². The van der Waals surface area contributed by atoms with Crippen molar-refractivity contribution in [3.8, 4) is 22.3 Å². The van der Waals surface area contributed by atoms with Crippen LogP contribution >= 0.6 is 0 Å². The van der Waals surface area contributed by atoms with E-state index in [0.717, 1.165) is 35.5 Å². The molecule has 0 aliphatic heterocycles. The molecule has 0 bridgehead atoms. The molecule has 4 aromatic carbocycles. The van der Waals surface area contributed by atoms with E-state index in [1.54, 1.807) is 11.1 Å². The van der Waals surface area contributed by atoms with Gasteiger partial charge in [0.2, 0.25) is 0 Å². The van der Waals surface area contributed by atoms with Crippen molar-refractivity contribution in [3.63, 3.8) is 0 Å². The highest BCUT2D eigenvalue weighted by molar-refractivity contribution is 6.24. The fourth-order valence-electron chi connectivity index (χ4n) is 18.8. The summed E-state index contributed by atoms with van der Waals surface area (Å²) in [6, 6.07) is 9.88. The van der Waals surface area contributed by atoms with Crippen LogP contribution in [0.15, 0.2) is 36.4 Å². The van der Waals surface area contributed by atoms with Gasteiger partial charge in [0.15, 0.2) is 0 Å². The third kappa shape index (κ3) is 1.56. The minimum Gasteiger partial charge on any atom is -0.0836 e. The van der Waals surface area contributed by atoms with Gasteiger partial charge in [-0.2, -0.15) is 0 Å². The van der Waals surface area contributed by atoms with Crippen molar-refractivity contribution in [2.24, 2.45) is 23.7 Å². The summed E-state index contributed by atoms with van der Waals surface area (Å²) in [5.74, 6) is 5.81. The SMILES string of the molecule is C1=CC2C3CCC4C5=c6c7c8c9c%10c%11c(c3c4c6%10)C2C2c3c-%11c-9c4c6c3=C(CCC=6C3CCC(C=7CC5)C85Cc6ccccc6CC435)C12. The average Bonchev–Trinajstić information content (AvgIpc) is 3.92. The molecule has 0 heterocycles. The van der Waals surface area contributed by atoms with Crippen LogP contribution in [0, 0.1) is 23.7 Å². The lowest BCUT2D eigenvalue weighted by atomic mass is 9.38. The number of rotatable bonds is 0. The van der Waals surface area contributed by atoms with Crippen LogP contribution in [0.25, 0.3) is 55.3 Å². The van der Waals surface area contributed by atoms with Crippen molar-refractivity contribution >= 4 is 33.1 Å². The van der Waals surface area contributed by atoms with Gasteiger partial charge in [-0.15, -0.1) is 0 Å². The molecular formula is C48H34. The van der Waals surface area contributed by atoms with Crippen molar-refractivity contribution in [2.75, 3.05) is 0 Å². The van der Waals surface area contributed by atoms with Crippen LogP contribution in [0.5, 0.6) is 0 Å². The highest BCUT2D eigenvalue weighted by Gasteiger charge is 2.74. The third-order valence-corrected chi connectivity index (χ3v) is 19.2. The van der Waals surface area contributed by atoms with Gasteiger partial charge in [0.25, 0.3) is 0 Å². The molecule has 18 rings (SSSR count). The first kappa shape index (κ1) is 22.2. The minimum absolute atomic E-state index is 0.244. The monoisotopic (exact) mass is 610 g/mol. The highest BCUT2D eigenvalue weighted by atomic mass is 14.8. The molecule has 0 nitrogen and oxygen atoms in total. The summed E-state index contributed by atoms with van der Waals surface area (Å²) in [6.45, 7) is 0. The van der Waals surface area contributed by atoms with Crippen molar-refractivity contribution in [2.45, 2.75) is 98.7 Å². The Hall–Kier alpha value is -3.64. The van der Waals surface area contributed by atoms with Crippen molar-refractivity contribution in [3.05, 3.63) is 102 Å². The molecule has 14 aliphatic carbocycles. The molecule has 10 atom stereocenters. The number of allylic oxidation sites excluding steroid dienone is 2. The molecule has 2 spiro atoms. The third-order valence-electron chi connectivity index (χ3n) is 19.2. The van der Waals surface area contributed by atoms with E-state index in [-0.39, 0.29) is 10.8 Å². The summed E-state index contributed by atoms with van der Waals surface area (Å²) >= 11 is 0. The van der Waals surface area contributed by atoms with Gasteiger partial charge < -0.3 is 0 Å². The standard InChI is InChI=1S/C48H34/c1-2-4-18-16-48-28-14-13-27-25-11-9-23-21-7-5-19-20-6-8-22-24-10-12-26(28)36-34(24)39-32(22)30(20)37-29(19)31(21)38-33(23)35(25)45(47(27,48)15-17(18)3-1)43-41(38)40(37)42(39)44(43)46(36)48/h1-5,7,19-22,27-29,31H,6,8-16H2. The molecule has 0 radical (unpaired) electrons. The summed E-state index contributed by atoms with van der Waals surface area (Å²) in [4.78, 5) is 0. The maximum Gasteiger partial charge on any atom is 0.0178 e. The van der Waals surface area contributed by atoms with E-state index in [2.05, 4.69) is 36.4 Å². The van der Waals surface area contributed by atoms with Gasteiger partial charge in [-0.05, 0) is 192 Å². The predicted molar refractivity (Wildman–Crippen MR) is 189 cm³/mol. The van der Waals surface area contributed by atoms with Crippen LogP contribution in [0.4, 0.5) is 0 Å². The van der Waals surface area contributed by atoms with Gasteiger partial charge in [-0.3, -0.25) is 0 Å². The first-order valence-corrected chi connectivity index (χ1v) is 20.0. The van der Waals surface area contributed by atoms with Crippen LogP contribution < -0.4 is 20.9 Å². The highest BCUT2D eigenvalue weighted by Crippen LogP contribution is 2.80. The van der Waals surface area contributed by atoms with Gasteiger partial charge in [0, 0.05) is 28.6 Å². The zero-order valence-corrected chi connectivity index (χ0v) is 27.2. The van der Waals surface area contributed by atoms with E-state index < -0.39 is 0 Å². The number of benzene rings is 4. The second kappa shape index (κ2) is 5.95. The lowest BCUT2D eigenvalue weighted by molar-refractivity contribution is 0.0583. The predicted octanol–water partition coefficient (Wildman–Crippen LogP) is 7.00. The second-order valence-corrected chi connectivity index (χ2v) is 19.3. The maximum absolute atomic E-state index is 2.82. The normalized spacial score (nSPS) is 42.1. The summed E-state index contributed by atoms with van der Waals surface area (Å²) in [5, 5.41) is 11.2.